The first kappa shape index (κ1) is 14.2. The zero-order valence-electron chi connectivity index (χ0n) is 12.1. The van der Waals surface area contributed by atoms with Gasteiger partial charge in [-0.2, -0.15) is 0 Å². The third-order valence-electron chi connectivity index (χ3n) is 3.94. The largest absolute Gasteiger partial charge is 0.469 e. The Morgan fingerprint density at radius 3 is 2.05 bits per heavy atom. The van der Waals surface area contributed by atoms with E-state index in [0.29, 0.717) is 24.9 Å². The van der Waals surface area contributed by atoms with E-state index in [-0.39, 0.29) is 18.0 Å². The first-order chi connectivity index (χ1) is 8.80. The number of amides is 1. The summed E-state index contributed by atoms with van der Waals surface area (Å²) in [5, 5.41) is 0. The van der Waals surface area contributed by atoms with Crippen LogP contribution in [0.5, 0.6) is 0 Å². The Morgan fingerprint density at radius 2 is 1.63 bits per heavy atom. The van der Waals surface area contributed by atoms with E-state index < -0.39 is 5.60 Å². The fourth-order valence-electron chi connectivity index (χ4n) is 3.13. The van der Waals surface area contributed by atoms with Crippen molar-refractivity contribution in [2.24, 2.45) is 17.8 Å². The van der Waals surface area contributed by atoms with Gasteiger partial charge >= 0.3 is 12.1 Å². The van der Waals surface area contributed by atoms with Gasteiger partial charge in [0.1, 0.15) is 5.60 Å². The monoisotopic (exact) mass is 269 g/mol. The summed E-state index contributed by atoms with van der Waals surface area (Å²) in [6, 6.07) is 0. The van der Waals surface area contributed by atoms with Crippen molar-refractivity contribution in [1.29, 1.82) is 0 Å². The highest BCUT2D eigenvalue weighted by atomic mass is 16.6. The number of hydrogen-bond donors (Lipinski definition) is 0. The molecule has 1 unspecified atom stereocenters. The molecule has 1 aliphatic heterocycles. The van der Waals surface area contributed by atoms with Crippen molar-refractivity contribution in [3.05, 3.63) is 0 Å². The molecule has 3 atom stereocenters. The average molecular weight is 269 g/mol. The molecule has 0 spiro atoms. The van der Waals surface area contributed by atoms with Gasteiger partial charge in [-0.15, -0.1) is 0 Å². The minimum absolute atomic E-state index is 0.0146. The fourth-order valence-corrected chi connectivity index (χ4v) is 3.13. The van der Waals surface area contributed by atoms with Crippen LogP contribution in [-0.2, 0) is 14.3 Å². The van der Waals surface area contributed by atoms with Crippen LogP contribution in [0.1, 0.15) is 33.6 Å². The van der Waals surface area contributed by atoms with E-state index in [9.17, 15) is 9.59 Å². The summed E-state index contributed by atoms with van der Waals surface area (Å²) in [5.41, 5.74) is -0.455. The van der Waals surface area contributed by atoms with Gasteiger partial charge in [0.05, 0.1) is 13.0 Å². The van der Waals surface area contributed by atoms with Crippen LogP contribution >= 0.6 is 0 Å². The third-order valence-corrected chi connectivity index (χ3v) is 3.94. The van der Waals surface area contributed by atoms with E-state index in [1.807, 2.05) is 20.8 Å². The van der Waals surface area contributed by atoms with Gasteiger partial charge in [0.25, 0.3) is 0 Å². The highest BCUT2D eigenvalue weighted by Gasteiger charge is 2.45. The molecular weight excluding hydrogens is 246 g/mol. The molecule has 5 heteroatoms. The topological polar surface area (TPSA) is 55.8 Å². The van der Waals surface area contributed by atoms with Crippen molar-refractivity contribution in [3.63, 3.8) is 0 Å². The van der Waals surface area contributed by atoms with Crippen molar-refractivity contribution in [3.8, 4) is 0 Å². The molecule has 2 fully saturated rings. The van der Waals surface area contributed by atoms with Crippen LogP contribution in [0.2, 0.25) is 0 Å². The maximum atomic E-state index is 12.0. The summed E-state index contributed by atoms with van der Waals surface area (Å²) in [6.45, 7) is 7.01. The highest BCUT2D eigenvalue weighted by Crippen LogP contribution is 2.42. The van der Waals surface area contributed by atoms with Crippen molar-refractivity contribution in [2.45, 2.75) is 39.2 Å². The maximum absolute atomic E-state index is 12.0. The molecule has 1 amide bonds. The molecule has 0 N–H and O–H groups in total. The first-order valence-electron chi connectivity index (χ1n) is 6.86. The summed E-state index contributed by atoms with van der Waals surface area (Å²) in [4.78, 5) is 25.3. The van der Waals surface area contributed by atoms with Crippen LogP contribution in [0.3, 0.4) is 0 Å². The van der Waals surface area contributed by atoms with Gasteiger partial charge in [-0.25, -0.2) is 4.79 Å². The lowest BCUT2D eigenvalue weighted by Gasteiger charge is -2.25. The second-order valence-corrected chi connectivity index (χ2v) is 6.60. The molecule has 5 nitrogen and oxygen atoms in total. The Hall–Kier alpha value is -1.26. The van der Waals surface area contributed by atoms with E-state index in [0.717, 1.165) is 12.8 Å². The fraction of sp³-hybridized carbons (Fsp3) is 0.857. The summed E-state index contributed by atoms with van der Waals surface area (Å²) in [5.74, 6) is 0.729. The molecule has 0 bridgehead atoms. The van der Waals surface area contributed by atoms with Crippen LogP contribution in [0.25, 0.3) is 0 Å². The first-order valence-corrected chi connectivity index (χ1v) is 6.86. The van der Waals surface area contributed by atoms with Crippen LogP contribution in [0, 0.1) is 17.8 Å². The number of esters is 1. The normalized spacial score (nSPS) is 30.1. The van der Waals surface area contributed by atoms with Gasteiger partial charge < -0.3 is 14.4 Å². The van der Waals surface area contributed by atoms with Crippen molar-refractivity contribution >= 4 is 12.1 Å². The van der Waals surface area contributed by atoms with Crippen LogP contribution in [0.4, 0.5) is 4.79 Å². The molecule has 1 saturated carbocycles. The number of ether oxygens (including phenoxy) is 2. The van der Waals surface area contributed by atoms with Gasteiger partial charge in [-0.3, -0.25) is 4.79 Å². The molecule has 1 aliphatic carbocycles. The Labute approximate surface area is 114 Å². The number of hydrogen-bond acceptors (Lipinski definition) is 4. The molecule has 1 saturated heterocycles. The number of fused-ring (bicyclic) bond motifs is 1. The second-order valence-electron chi connectivity index (χ2n) is 6.60. The third kappa shape index (κ3) is 3.19. The predicted molar refractivity (Wildman–Crippen MR) is 69.5 cm³/mol. The Bertz CT molecular complexity index is 360. The van der Waals surface area contributed by atoms with Crippen LogP contribution in [-0.4, -0.2) is 42.8 Å². The average Bonchev–Trinajstić information content (AvgIpc) is 2.82. The molecule has 0 aromatic carbocycles. The van der Waals surface area contributed by atoms with Crippen LogP contribution < -0.4 is 0 Å². The number of likely N-dealkylation sites (tertiary alicyclic amines) is 1. The summed E-state index contributed by atoms with van der Waals surface area (Å²) in [6.07, 6.45) is 1.42. The SMILES string of the molecule is COC(=O)C1C[C@@H]2CN(C(=O)OC(C)(C)C)C[C@@H]2C1. The standard InChI is InChI=1S/C14H23NO4/c1-14(2,3)19-13(17)15-7-10-5-9(12(16)18-4)6-11(10)8-15/h9-11H,5-8H2,1-4H3/t9?,10-,11+. The molecule has 2 rings (SSSR count). The Kier molecular flexibility index (Phi) is 3.74. The summed E-state index contributed by atoms with van der Waals surface area (Å²) in [7, 11) is 1.43. The lowest BCUT2D eigenvalue weighted by molar-refractivity contribution is -0.145. The molecule has 1 heterocycles. The van der Waals surface area contributed by atoms with E-state index in [4.69, 9.17) is 9.47 Å². The number of carbonyl (C=O) groups is 2. The Balaban J connectivity index is 1.87. The second kappa shape index (κ2) is 5.02. The zero-order valence-corrected chi connectivity index (χ0v) is 12.1. The van der Waals surface area contributed by atoms with Gasteiger partial charge in [0.15, 0.2) is 0 Å². The van der Waals surface area contributed by atoms with Crippen LogP contribution in [0.15, 0.2) is 0 Å². The summed E-state index contributed by atoms with van der Waals surface area (Å²) < 4.78 is 10.2. The lowest BCUT2D eigenvalue weighted by Crippen LogP contribution is -2.36. The smallest absolute Gasteiger partial charge is 0.410 e. The van der Waals surface area contributed by atoms with E-state index in [1.54, 1.807) is 4.90 Å². The number of methoxy groups -OCH3 is 1. The highest BCUT2D eigenvalue weighted by molar-refractivity contribution is 5.73. The quantitative estimate of drug-likeness (QED) is 0.684. The molecule has 108 valence electrons. The van der Waals surface area contributed by atoms with Gasteiger partial charge in [0.2, 0.25) is 0 Å². The van der Waals surface area contributed by atoms with E-state index >= 15 is 0 Å². The van der Waals surface area contributed by atoms with Gasteiger partial charge in [0, 0.05) is 13.1 Å². The van der Waals surface area contributed by atoms with Crippen molar-refractivity contribution in [1.82, 2.24) is 4.90 Å². The number of carbonyl (C=O) groups excluding carboxylic acids is 2. The zero-order chi connectivity index (χ0) is 14.2. The molecular formula is C14H23NO4. The van der Waals surface area contributed by atoms with Gasteiger partial charge in [-0.05, 0) is 45.4 Å². The molecule has 2 aliphatic rings. The number of rotatable bonds is 1. The van der Waals surface area contributed by atoms with Crippen molar-refractivity contribution < 1.29 is 19.1 Å². The van der Waals surface area contributed by atoms with E-state index in [1.165, 1.54) is 7.11 Å². The van der Waals surface area contributed by atoms with Gasteiger partial charge in [-0.1, -0.05) is 0 Å². The van der Waals surface area contributed by atoms with E-state index in [2.05, 4.69) is 0 Å². The predicted octanol–water partition coefficient (Wildman–Crippen LogP) is 2.05. The summed E-state index contributed by atoms with van der Waals surface area (Å²) >= 11 is 0. The maximum Gasteiger partial charge on any atom is 0.410 e. The molecule has 0 aromatic heterocycles. The number of nitrogens with zero attached hydrogens (tertiary/aromatic N) is 1. The van der Waals surface area contributed by atoms with Crippen molar-refractivity contribution in [2.75, 3.05) is 20.2 Å². The molecule has 0 radical (unpaired) electrons. The lowest BCUT2D eigenvalue weighted by atomic mass is 10.0. The molecule has 0 aromatic rings. The Morgan fingerprint density at radius 1 is 1.11 bits per heavy atom. The minimum Gasteiger partial charge on any atom is -0.469 e. The molecule has 19 heavy (non-hydrogen) atoms. The minimum atomic E-state index is -0.455.